The van der Waals surface area contributed by atoms with Crippen molar-refractivity contribution in [2.45, 2.75) is 16.4 Å². The van der Waals surface area contributed by atoms with Crippen molar-refractivity contribution in [1.82, 2.24) is 0 Å². The second-order valence-corrected chi connectivity index (χ2v) is 3.04. The maximum absolute atomic E-state index is 12.4. The van der Waals surface area contributed by atoms with Crippen LogP contribution in [0, 0.1) is 0 Å². The largest absolute Gasteiger partial charge is 0.359 e. The fourth-order valence-electron chi connectivity index (χ4n) is 0.620. The van der Waals surface area contributed by atoms with E-state index in [1.165, 1.54) is 0 Å². The molecule has 0 amide bonds. The topological polar surface area (TPSA) is 9.23 Å². The molecule has 10 heavy (non-hydrogen) atoms. The Morgan fingerprint density at radius 3 is 1.50 bits per heavy atom. The quantitative estimate of drug-likeness (QED) is 0.488. The van der Waals surface area contributed by atoms with E-state index in [-0.39, 0.29) is 0 Å². The summed E-state index contributed by atoms with van der Waals surface area (Å²) in [7, 11) is 0.677. The van der Waals surface area contributed by atoms with Gasteiger partial charge in [-0.3, -0.25) is 0 Å². The van der Waals surface area contributed by atoms with E-state index in [1.807, 2.05) is 15.9 Å². The highest BCUT2D eigenvalue weighted by atomic mass is 79.9. The highest BCUT2D eigenvalue weighted by Gasteiger charge is 2.97. The van der Waals surface area contributed by atoms with E-state index in [1.54, 1.807) is 0 Å². The zero-order chi connectivity index (χ0) is 8.21. The third-order valence-electron chi connectivity index (χ3n) is 1.42. The average molecular weight is 223 g/mol. The summed E-state index contributed by atoms with van der Waals surface area (Å²) in [4.78, 5) is 0. The van der Waals surface area contributed by atoms with Crippen LogP contribution in [0.25, 0.3) is 0 Å². The zero-order valence-corrected chi connectivity index (χ0v) is 6.38. The second kappa shape index (κ2) is 1.66. The summed E-state index contributed by atoms with van der Waals surface area (Å²) in [5, 5.41) is 0. The fourth-order valence-corrected chi connectivity index (χ4v) is 1.19. The predicted molar refractivity (Wildman–Crippen MR) is 28.6 cm³/mol. The molecule has 1 rings (SSSR count). The maximum atomic E-state index is 12.4. The normalized spacial score (nSPS) is 51.0. The Hall–Kier alpha value is 0.160. The minimum atomic E-state index is -4.09. The van der Waals surface area contributed by atoms with Gasteiger partial charge in [-0.2, -0.15) is 8.78 Å². The van der Waals surface area contributed by atoms with E-state index in [9.17, 15) is 17.6 Å². The van der Waals surface area contributed by atoms with Crippen LogP contribution < -0.4 is 0 Å². The van der Waals surface area contributed by atoms with Gasteiger partial charge in [-0.25, -0.2) is 8.78 Å². The molecule has 0 N–H and O–H groups in total. The molecule has 0 aromatic carbocycles. The van der Waals surface area contributed by atoms with Crippen molar-refractivity contribution in [1.29, 1.82) is 0 Å². The van der Waals surface area contributed by atoms with Crippen molar-refractivity contribution in [2.75, 3.05) is 7.11 Å². The van der Waals surface area contributed by atoms with Gasteiger partial charge in [-0.15, -0.1) is 0 Å². The summed E-state index contributed by atoms with van der Waals surface area (Å²) in [5.41, 5.74) is 0. The van der Waals surface area contributed by atoms with Gasteiger partial charge >= 0.3 is 11.8 Å². The van der Waals surface area contributed by atoms with Gasteiger partial charge in [0.05, 0.1) is 0 Å². The lowest BCUT2D eigenvalue weighted by Gasteiger charge is -1.99. The van der Waals surface area contributed by atoms with E-state index in [2.05, 4.69) is 4.74 Å². The molecule has 0 aliphatic heterocycles. The van der Waals surface area contributed by atoms with Crippen molar-refractivity contribution in [2.24, 2.45) is 0 Å². The number of hydrogen-bond acceptors (Lipinski definition) is 1. The molecule has 6 heteroatoms. The van der Waals surface area contributed by atoms with Crippen molar-refractivity contribution >= 4 is 15.9 Å². The van der Waals surface area contributed by atoms with Crippen LogP contribution in [-0.4, -0.2) is 23.5 Å². The summed E-state index contributed by atoms with van der Waals surface area (Å²) in [6, 6.07) is 0. The Labute approximate surface area is 62.5 Å². The lowest BCUT2D eigenvalue weighted by molar-refractivity contribution is -0.114. The summed E-state index contributed by atoms with van der Waals surface area (Å²) < 4.78 is 49.0. The van der Waals surface area contributed by atoms with E-state index in [0.29, 0.717) is 7.11 Å². The summed E-state index contributed by atoms with van der Waals surface area (Å²) in [5.74, 6) is -7.59. The summed E-state index contributed by atoms with van der Waals surface area (Å²) >= 11 is 1.87. The lowest BCUT2D eigenvalue weighted by Crippen LogP contribution is -2.15. The van der Waals surface area contributed by atoms with E-state index < -0.39 is 16.4 Å². The molecule has 1 saturated carbocycles. The van der Waals surface area contributed by atoms with E-state index in [0.717, 1.165) is 0 Å². The molecule has 0 saturated heterocycles. The molecular weight excluding hydrogens is 220 g/mol. The van der Waals surface area contributed by atoms with Gasteiger partial charge < -0.3 is 4.74 Å². The SMILES string of the molecule is COC1(F)C(F)(F)C1(F)Br. The monoisotopic (exact) mass is 222 g/mol. The lowest BCUT2D eigenvalue weighted by atomic mass is 10.7. The van der Waals surface area contributed by atoms with Gasteiger partial charge in [-0.1, -0.05) is 0 Å². The molecular formula is C4H3BrF4O. The minimum Gasteiger partial charge on any atom is -0.341 e. The van der Waals surface area contributed by atoms with Crippen LogP contribution in [0.1, 0.15) is 0 Å². The van der Waals surface area contributed by atoms with Crippen molar-refractivity contribution in [3.05, 3.63) is 0 Å². The van der Waals surface area contributed by atoms with Crippen LogP contribution in [0.3, 0.4) is 0 Å². The molecule has 60 valence electrons. The first-order valence-corrected chi connectivity index (χ1v) is 3.10. The van der Waals surface area contributed by atoms with Crippen LogP contribution in [0.4, 0.5) is 17.6 Å². The third kappa shape index (κ3) is 0.528. The molecule has 0 aromatic heterocycles. The van der Waals surface area contributed by atoms with Crippen molar-refractivity contribution < 1.29 is 22.3 Å². The molecule has 0 heterocycles. The van der Waals surface area contributed by atoms with Gasteiger partial charge in [0.2, 0.25) is 0 Å². The van der Waals surface area contributed by atoms with Gasteiger partial charge in [0, 0.05) is 7.11 Å². The van der Waals surface area contributed by atoms with E-state index in [4.69, 9.17) is 0 Å². The summed E-state index contributed by atoms with van der Waals surface area (Å²) in [6.45, 7) is 0. The Morgan fingerprint density at radius 1 is 1.20 bits per heavy atom. The van der Waals surface area contributed by atoms with Crippen LogP contribution in [0.2, 0.25) is 0 Å². The predicted octanol–water partition coefficient (Wildman–Crippen LogP) is 2.01. The van der Waals surface area contributed by atoms with Gasteiger partial charge in [0.25, 0.3) is 4.58 Å². The first kappa shape index (κ1) is 8.26. The number of rotatable bonds is 1. The smallest absolute Gasteiger partial charge is 0.341 e. The Kier molecular flexibility index (Phi) is 1.37. The molecule has 0 radical (unpaired) electrons. The number of methoxy groups -OCH3 is 1. The summed E-state index contributed by atoms with van der Waals surface area (Å²) in [6.07, 6.45) is 0. The molecule has 2 atom stereocenters. The van der Waals surface area contributed by atoms with Gasteiger partial charge in [-0.05, 0) is 15.9 Å². The minimum absolute atomic E-state index is 0.677. The molecule has 1 aliphatic carbocycles. The van der Waals surface area contributed by atoms with Gasteiger partial charge in [0.15, 0.2) is 0 Å². The molecule has 1 aliphatic rings. The van der Waals surface area contributed by atoms with Crippen LogP contribution in [0.15, 0.2) is 0 Å². The molecule has 1 nitrogen and oxygen atoms in total. The highest BCUT2D eigenvalue weighted by Crippen LogP contribution is 2.70. The first-order valence-electron chi connectivity index (χ1n) is 2.31. The molecule has 0 spiro atoms. The van der Waals surface area contributed by atoms with Crippen LogP contribution >= 0.6 is 15.9 Å². The fraction of sp³-hybridized carbons (Fsp3) is 1.00. The number of alkyl halides is 5. The van der Waals surface area contributed by atoms with Crippen molar-refractivity contribution in [3.63, 3.8) is 0 Å². The second-order valence-electron chi connectivity index (χ2n) is 1.95. The van der Waals surface area contributed by atoms with E-state index >= 15 is 0 Å². The third-order valence-corrected chi connectivity index (χ3v) is 2.43. The van der Waals surface area contributed by atoms with Gasteiger partial charge in [0.1, 0.15) is 0 Å². The maximum Gasteiger partial charge on any atom is 0.359 e. The highest BCUT2D eigenvalue weighted by molar-refractivity contribution is 9.10. The van der Waals surface area contributed by atoms with Crippen molar-refractivity contribution in [3.8, 4) is 0 Å². The van der Waals surface area contributed by atoms with Crippen LogP contribution in [-0.2, 0) is 4.74 Å². The Bertz CT molecular complexity index is 155. The number of halogens is 5. The number of hydrogen-bond donors (Lipinski definition) is 0. The Morgan fingerprint density at radius 2 is 1.50 bits per heavy atom. The average Bonchev–Trinajstić information content (AvgIpc) is 2.11. The first-order chi connectivity index (χ1) is 4.31. The molecule has 0 aromatic rings. The molecule has 0 bridgehead atoms. The number of ether oxygens (including phenoxy) is 1. The molecule has 2 unspecified atom stereocenters. The van der Waals surface area contributed by atoms with Crippen LogP contribution in [0.5, 0.6) is 0 Å². The molecule has 1 fully saturated rings. The standard InChI is InChI=1S/C4H3BrF4O/c1-10-4(9)2(5,6)3(4,7)8/h1H3. The zero-order valence-electron chi connectivity index (χ0n) is 4.80. The Balaban J connectivity index is 2.90.